The fourth-order valence-electron chi connectivity index (χ4n) is 3.88. The van der Waals surface area contributed by atoms with E-state index >= 15 is 0 Å². The Morgan fingerprint density at radius 3 is 2.50 bits per heavy atom. The van der Waals surface area contributed by atoms with E-state index in [0.29, 0.717) is 37.1 Å². The van der Waals surface area contributed by atoms with Gasteiger partial charge in [0.2, 0.25) is 0 Å². The number of amides is 1. The Hall–Kier alpha value is -4.08. The third-order valence-corrected chi connectivity index (χ3v) is 7.21. The maximum atomic E-state index is 13.1. The molecule has 1 amide bonds. The van der Waals surface area contributed by atoms with Crippen molar-refractivity contribution in [2.75, 3.05) is 14.2 Å². The van der Waals surface area contributed by atoms with Crippen molar-refractivity contribution >= 4 is 67.3 Å². The van der Waals surface area contributed by atoms with Gasteiger partial charge in [0.05, 0.1) is 34.8 Å². The molecule has 1 aliphatic rings. The molecule has 0 aromatic heterocycles. The predicted molar refractivity (Wildman–Crippen MR) is 153 cm³/mol. The molecule has 0 bridgehead atoms. The van der Waals surface area contributed by atoms with E-state index in [4.69, 9.17) is 14.2 Å². The van der Waals surface area contributed by atoms with Gasteiger partial charge in [-0.1, -0.05) is 36.4 Å². The molecule has 4 aromatic carbocycles. The van der Waals surface area contributed by atoms with Crippen LogP contribution in [-0.4, -0.2) is 31.3 Å². The Balaban J connectivity index is 1.38. The molecule has 1 fully saturated rings. The summed E-state index contributed by atoms with van der Waals surface area (Å²) < 4.78 is 17.0. The Kier molecular flexibility index (Phi) is 7.48. The van der Waals surface area contributed by atoms with Crippen molar-refractivity contribution < 1.29 is 23.8 Å². The summed E-state index contributed by atoms with van der Waals surface area (Å²) in [6, 6.07) is 23.8. The molecule has 4 aromatic rings. The number of halogens is 1. The Morgan fingerprint density at radius 1 is 0.974 bits per heavy atom. The Morgan fingerprint density at radius 2 is 1.74 bits per heavy atom. The van der Waals surface area contributed by atoms with Crippen molar-refractivity contribution in [2.45, 2.75) is 0 Å². The predicted octanol–water partition coefficient (Wildman–Crippen LogP) is 6.73. The number of ether oxygens (including phenoxy) is 3. The number of nitrogens with zero attached hydrogens (tertiary/aromatic N) is 1. The van der Waals surface area contributed by atoms with Gasteiger partial charge in [-0.2, -0.15) is 0 Å². The van der Waals surface area contributed by atoms with E-state index < -0.39 is 5.97 Å². The number of fused-ring (bicyclic) bond motifs is 1. The van der Waals surface area contributed by atoms with Gasteiger partial charge in [0.25, 0.3) is 5.91 Å². The number of amidine groups is 1. The molecule has 0 saturated carbocycles. The zero-order valence-corrected chi connectivity index (χ0v) is 22.8. The lowest BCUT2D eigenvalue weighted by molar-refractivity contribution is -0.115. The number of carbonyl (C=O) groups is 2. The Labute approximate surface area is 231 Å². The standard InChI is InChI=1S/C29H21BrN2O5S/c1-35-20-12-10-19(11-13-20)31-29-32-27(33)25(38-29)16-17-14-23(30)26(24(15-17)36-2)37-28(34)22-9-5-7-18-6-3-4-8-21(18)22/h3-16H,1-2H3,(H,31,32,33)/b25-16-. The van der Waals surface area contributed by atoms with Crippen LogP contribution in [0.1, 0.15) is 15.9 Å². The summed E-state index contributed by atoms with van der Waals surface area (Å²) in [5, 5.41) is 4.99. The molecule has 1 aliphatic heterocycles. The normalized spacial score (nSPS) is 15.1. The summed E-state index contributed by atoms with van der Waals surface area (Å²) in [6.45, 7) is 0. The van der Waals surface area contributed by atoms with Crippen LogP contribution in [0.3, 0.4) is 0 Å². The molecule has 1 saturated heterocycles. The van der Waals surface area contributed by atoms with Crippen molar-refractivity contribution in [2.24, 2.45) is 4.99 Å². The van der Waals surface area contributed by atoms with Crippen LogP contribution in [0.2, 0.25) is 0 Å². The van der Waals surface area contributed by atoms with Crippen LogP contribution in [-0.2, 0) is 4.79 Å². The van der Waals surface area contributed by atoms with E-state index in [-0.39, 0.29) is 11.7 Å². The second-order valence-electron chi connectivity index (χ2n) is 8.13. The molecule has 5 rings (SSSR count). The smallest absolute Gasteiger partial charge is 0.344 e. The molecule has 0 unspecified atom stereocenters. The zero-order chi connectivity index (χ0) is 26.6. The van der Waals surface area contributed by atoms with Gasteiger partial charge in [0.1, 0.15) is 5.75 Å². The number of esters is 1. The van der Waals surface area contributed by atoms with Gasteiger partial charge in [0, 0.05) is 0 Å². The monoisotopic (exact) mass is 588 g/mol. The van der Waals surface area contributed by atoms with Crippen molar-refractivity contribution in [1.29, 1.82) is 0 Å². The lowest BCUT2D eigenvalue weighted by Gasteiger charge is -2.13. The van der Waals surface area contributed by atoms with E-state index in [0.717, 1.165) is 16.5 Å². The topological polar surface area (TPSA) is 86.2 Å². The molecule has 1 N–H and O–H groups in total. The maximum Gasteiger partial charge on any atom is 0.344 e. The zero-order valence-electron chi connectivity index (χ0n) is 20.4. The van der Waals surface area contributed by atoms with Crippen LogP contribution in [0, 0.1) is 0 Å². The van der Waals surface area contributed by atoms with Crippen LogP contribution in [0.25, 0.3) is 16.8 Å². The summed E-state index contributed by atoms with van der Waals surface area (Å²) in [7, 11) is 3.09. The molecular formula is C29H21BrN2O5S. The van der Waals surface area contributed by atoms with Crippen LogP contribution < -0.4 is 19.5 Å². The first-order valence-electron chi connectivity index (χ1n) is 11.5. The van der Waals surface area contributed by atoms with E-state index in [1.54, 1.807) is 55.7 Å². The van der Waals surface area contributed by atoms with E-state index in [2.05, 4.69) is 26.2 Å². The fourth-order valence-corrected chi connectivity index (χ4v) is 5.26. The molecule has 0 radical (unpaired) electrons. The lowest BCUT2D eigenvalue weighted by atomic mass is 10.0. The maximum absolute atomic E-state index is 13.1. The molecule has 9 heteroatoms. The average Bonchev–Trinajstić information content (AvgIpc) is 3.27. The summed E-state index contributed by atoms with van der Waals surface area (Å²) in [4.78, 5) is 30.6. The van der Waals surface area contributed by atoms with Crippen molar-refractivity contribution in [3.63, 3.8) is 0 Å². The van der Waals surface area contributed by atoms with Gasteiger partial charge in [-0.3, -0.25) is 4.79 Å². The molecule has 38 heavy (non-hydrogen) atoms. The minimum atomic E-state index is -0.503. The third kappa shape index (κ3) is 5.44. The number of nitrogens with one attached hydrogen (secondary N) is 1. The summed E-state index contributed by atoms with van der Waals surface area (Å²) in [5.41, 5.74) is 1.82. The van der Waals surface area contributed by atoms with Crippen molar-refractivity contribution in [1.82, 2.24) is 5.32 Å². The quantitative estimate of drug-likeness (QED) is 0.153. The van der Waals surface area contributed by atoms with Crippen LogP contribution in [0.4, 0.5) is 5.69 Å². The van der Waals surface area contributed by atoms with E-state index in [1.165, 1.54) is 18.9 Å². The summed E-state index contributed by atoms with van der Waals surface area (Å²) in [5.74, 6) is 0.553. The highest BCUT2D eigenvalue weighted by Crippen LogP contribution is 2.39. The summed E-state index contributed by atoms with van der Waals surface area (Å²) >= 11 is 4.72. The first-order chi connectivity index (χ1) is 18.4. The first kappa shape index (κ1) is 25.6. The highest BCUT2D eigenvalue weighted by molar-refractivity contribution is 9.10. The minimum Gasteiger partial charge on any atom is -0.497 e. The van der Waals surface area contributed by atoms with Gasteiger partial charge in [-0.25, -0.2) is 9.79 Å². The van der Waals surface area contributed by atoms with Crippen molar-refractivity contribution in [3.8, 4) is 17.2 Å². The van der Waals surface area contributed by atoms with Gasteiger partial charge >= 0.3 is 5.97 Å². The Bertz CT molecular complexity index is 1610. The molecular weight excluding hydrogens is 568 g/mol. The number of hydrogen-bond donors (Lipinski definition) is 1. The van der Waals surface area contributed by atoms with E-state index in [9.17, 15) is 9.59 Å². The molecule has 1 heterocycles. The summed E-state index contributed by atoms with van der Waals surface area (Å²) in [6.07, 6.45) is 1.72. The number of rotatable bonds is 6. The highest BCUT2D eigenvalue weighted by atomic mass is 79.9. The molecule has 0 aliphatic carbocycles. The molecule has 7 nitrogen and oxygen atoms in total. The SMILES string of the molecule is COc1ccc(N=C2NC(=O)/C(=C/c3cc(Br)c(OC(=O)c4cccc5ccccc45)c(OC)c3)S2)cc1. The average molecular weight is 589 g/mol. The van der Waals surface area contributed by atoms with Crippen LogP contribution in [0.5, 0.6) is 17.2 Å². The largest absolute Gasteiger partial charge is 0.497 e. The van der Waals surface area contributed by atoms with Gasteiger partial charge in [-0.15, -0.1) is 0 Å². The number of hydrogen-bond acceptors (Lipinski definition) is 7. The number of methoxy groups -OCH3 is 2. The third-order valence-electron chi connectivity index (χ3n) is 5.71. The number of thioether (sulfide) groups is 1. The van der Waals surface area contributed by atoms with Crippen LogP contribution >= 0.6 is 27.7 Å². The molecule has 0 atom stereocenters. The second kappa shape index (κ2) is 11.1. The number of benzene rings is 4. The highest BCUT2D eigenvalue weighted by Gasteiger charge is 2.25. The van der Waals surface area contributed by atoms with Gasteiger partial charge in [-0.05, 0) is 92.6 Å². The lowest BCUT2D eigenvalue weighted by Crippen LogP contribution is -2.19. The van der Waals surface area contributed by atoms with E-state index in [1.807, 2.05) is 36.4 Å². The minimum absolute atomic E-state index is 0.248. The second-order valence-corrected chi connectivity index (χ2v) is 10.0. The first-order valence-corrected chi connectivity index (χ1v) is 13.1. The molecule has 0 spiro atoms. The number of carbonyl (C=O) groups excluding carboxylic acids is 2. The molecule has 190 valence electrons. The van der Waals surface area contributed by atoms with Crippen LogP contribution in [0.15, 0.2) is 93.2 Å². The van der Waals surface area contributed by atoms with Gasteiger partial charge in [0.15, 0.2) is 16.7 Å². The fraction of sp³-hybridized carbons (Fsp3) is 0.0690. The number of aliphatic imine (C=N–C) groups is 1. The van der Waals surface area contributed by atoms with Crippen molar-refractivity contribution in [3.05, 3.63) is 99.4 Å². The van der Waals surface area contributed by atoms with Gasteiger partial charge < -0.3 is 19.5 Å².